The Bertz CT molecular complexity index is 1310. The average Bonchev–Trinajstić information content (AvgIpc) is 2.88. The summed E-state index contributed by atoms with van der Waals surface area (Å²) in [5.74, 6) is 0.725. The van der Waals surface area contributed by atoms with E-state index in [-0.39, 0.29) is 12.5 Å². The summed E-state index contributed by atoms with van der Waals surface area (Å²) in [4.78, 5) is 24.5. The summed E-state index contributed by atoms with van der Waals surface area (Å²) in [5.41, 5.74) is 2.22. The molecule has 4 rings (SSSR count). The summed E-state index contributed by atoms with van der Waals surface area (Å²) in [6.45, 7) is 2.66. The largest absolute Gasteiger partial charge is 0.493 e. The van der Waals surface area contributed by atoms with E-state index in [2.05, 4.69) is 5.32 Å². The number of methoxy groups -OCH3 is 1. The van der Waals surface area contributed by atoms with Crippen molar-refractivity contribution in [3.63, 3.8) is 0 Å². The van der Waals surface area contributed by atoms with Gasteiger partial charge in [-0.1, -0.05) is 36.4 Å². The van der Waals surface area contributed by atoms with Crippen molar-refractivity contribution < 1.29 is 23.8 Å². The highest BCUT2D eigenvalue weighted by Gasteiger charge is 2.13. The van der Waals surface area contributed by atoms with Gasteiger partial charge in [0, 0.05) is 22.2 Å². The lowest BCUT2D eigenvalue weighted by Gasteiger charge is -2.14. The molecule has 6 heteroatoms. The van der Waals surface area contributed by atoms with Gasteiger partial charge in [0.15, 0.2) is 0 Å². The fourth-order valence-corrected chi connectivity index (χ4v) is 3.62. The van der Waals surface area contributed by atoms with Crippen LogP contribution in [0.15, 0.2) is 84.9 Å². The lowest BCUT2D eigenvalue weighted by molar-refractivity contribution is 0.0600. The predicted octanol–water partition coefficient (Wildman–Crippen LogP) is 5.86. The van der Waals surface area contributed by atoms with Crippen LogP contribution in [0, 0.1) is 0 Å². The Morgan fingerprint density at radius 2 is 1.53 bits per heavy atom. The standard InChI is InChI=1S/C28H25NO5/c1-3-33-25-16-13-21(27(30)29-23-14-11-20(12-15-23)28(31)32-2)17-22(25)18-34-26-10-6-8-19-7-4-5-9-24(19)26/h4-17H,3,18H2,1-2H3,(H,29,30). The zero-order valence-electron chi connectivity index (χ0n) is 19.0. The Labute approximate surface area is 198 Å². The topological polar surface area (TPSA) is 73.9 Å². The number of esters is 1. The van der Waals surface area contributed by atoms with Crippen molar-refractivity contribution in [1.82, 2.24) is 0 Å². The molecular formula is C28H25NO5. The van der Waals surface area contributed by atoms with Crippen LogP contribution in [-0.2, 0) is 11.3 Å². The monoisotopic (exact) mass is 455 g/mol. The highest BCUT2D eigenvalue weighted by atomic mass is 16.5. The van der Waals surface area contributed by atoms with Crippen molar-refractivity contribution in [3.05, 3.63) is 102 Å². The molecule has 1 N–H and O–H groups in total. The molecule has 1 amide bonds. The van der Waals surface area contributed by atoms with Gasteiger partial charge in [-0.2, -0.15) is 0 Å². The van der Waals surface area contributed by atoms with E-state index in [0.717, 1.165) is 22.1 Å². The molecule has 34 heavy (non-hydrogen) atoms. The van der Waals surface area contributed by atoms with E-state index < -0.39 is 5.97 Å². The minimum atomic E-state index is -0.430. The van der Waals surface area contributed by atoms with Crippen molar-refractivity contribution in [2.75, 3.05) is 19.0 Å². The first-order valence-electron chi connectivity index (χ1n) is 10.9. The van der Waals surface area contributed by atoms with Crippen LogP contribution >= 0.6 is 0 Å². The second kappa shape index (κ2) is 10.5. The summed E-state index contributed by atoms with van der Waals surface area (Å²) in [7, 11) is 1.32. The first-order chi connectivity index (χ1) is 16.6. The zero-order chi connectivity index (χ0) is 23.9. The number of amides is 1. The average molecular weight is 456 g/mol. The molecule has 0 aliphatic rings. The van der Waals surface area contributed by atoms with Crippen LogP contribution in [-0.4, -0.2) is 25.6 Å². The van der Waals surface area contributed by atoms with Gasteiger partial charge in [-0.3, -0.25) is 4.79 Å². The van der Waals surface area contributed by atoms with Gasteiger partial charge in [-0.25, -0.2) is 4.79 Å². The summed E-state index contributed by atoms with van der Waals surface area (Å²) in [5, 5.41) is 4.96. The van der Waals surface area contributed by atoms with Crippen LogP contribution in [0.25, 0.3) is 10.8 Å². The Morgan fingerprint density at radius 3 is 2.29 bits per heavy atom. The van der Waals surface area contributed by atoms with Gasteiger partial charge in [0.2, 0.25) is 0 Å². The SMILES string of the molecule is CCOc1ccc(C(=O)Nc2ccc(C(=O)OC)cc2)cc1COc1cccc2ccccc12. The number of nitrogens with one attached hydrogen (secondary N) is 1. The number of fused-ring (bicyclic) bond motifs is 1. The first kappa shape index (κ1) is 22.9. The van der Waals surface area contributed by atoms with Gasteiger partial charge in [0.25, 0.3) is 5.91 Å². The second-order valence-electron chi connectivity index (χ2n) is 7.54. The molecule has 0 fully saturated rings. The molecule has 6 nitrogen and oxygen atoms in total. The van der Waals surface area contributed by atoms with Crippen LogP contribution in [0.4, 0.5) is 5.69 Å². The third-order valence-corrected chi connectivity index (χ3v) is 5.32. The number of carbonyl (C=O) groups is 2. The Hall–Kier alpha value is -4.32. The van der Waals surface area contributed by atoms with Gasteiger partial charge >= 0.3 is 5.97 Å². The van der Waals surface area contributed by atoms with Gasteiger partial charge < -0.3 is 19.5 Å². The lowest BCUT2D eigenvalue weighted by atomic mass is 10.1. The number of ether oxygens (including phenoxy) is 3. The van der Waals surface area contributed by atoms with E-state index in [1.165, 1.54) is 7.11 Å². The molecule has 0 spiro atoms. The van der Waals surface area contributed by atoms with Crippen molar-refractivity contribution in [3.8, 4) is 11.5 Å². The third kappa shape index (κ3) is 5.18. The van der Waals surface area contributed by atoms with E-state index in [4.69, 9.17) is 14.2 Å². The molecule has 0 heterocycles. The third-order valence-electron chi connectivity index (χ3n) is 5.32. The number of rotatable bonds is 8. The highest BCUT2D eigenvalue weighted by molar-refractivity contribution is 6.04. The number of benzene rings is 4. The molecule has 0 saturated carbocycles. The maximum atomic E-state index is 12.9. The number of carbonyl (C=O) groups excluding carboxylic acids is 2. The lowest BCUT2D eigenvalue weighted by Crippen LogP contribution is -2.13. The Balaban J connectivity index is 1.53. The Kier molecular flexibility index (Phi) is 7.08. The molecule has 0 aliphatic heterocycles. The molecule has 0 aliphatic carbocycles. The van der Waals surface area contributed by atoms with Gasteiger partial charge in [0.05, 0.1) is 19.3 Å². The molecule has 0 aromatic heterocycles. The van der Waals surface area contributed by atoms with Crippen molar-refractivity contribution >= 4 is 28.3 Å². The van der Waals surface area contributed by atoms with Crippen LogP contribution in [0.5, 0.6) is 11.5 Å². The van der Waals surface area contributed by atoms with E-state index >= 15 is 0 Å². The first-order valence-corrected chi connectivity index (χ1v) is 10.9. The smallest absolute Gasteiger partial charge is 0.337 e. The maximum absolute atomic E-state index is 12.9. The number of hydrogen-bond donors (Lipinski definition) is 1. The quantitative estimate of drug-likeness (QED) is 0.337. The summed E-state index contributed by atoms with van der Waals surface area (Å²) < 4.78 is 16.6. The molecule has 0 radical (unpaired) electrons. The minimum absolute atomic E-state index is 0.248. The molecular weight excluding hydrogens is 430 g/mol. The van der Waals surface area contributed by atoms with E-state index in [1.54, 1.807) is 42.5 Å². The fourth-order valence-electron chi connectivity index (χ4n) is 3.62. The fraction of sp³-hybridized carbons (Fsp3) is 0.143. The second-order valence-corrected chi connectivity index (χ2v) is 7.54. The minimum Gasteiger partial charge on any atom is -0.493 e. The number of hydrogen-bond acceptors (Lipinski definition) is 5. The molecule has 0 bridgehead atoms. The number of anilines is 1. The van der Waals surface area contributed by atoms with Gasteiger partial charge in [-0.05, 0) is 60.8 Å². The van der Waals surface area contributed by atoms with Gasteiger partial charge in [-0.15, -0.1) is 0 Å². The maximum Gasteiger partial charge on any atom is 0.337 e. The van der Waals surface area contributed by atoms with Crippen LogP contribution < -0.4 is 14.8 Å². The predicted molar refractivity (Wildman–Crippen MR) is 132 cm³/mol. The van der Waals surface area contributed by atoms with Crippen molar-refractivity contribution in [2.24, 2.45) is 0 Å². The Morgan fingerprint density at radius 1 is 0.794 bits per heavy atom. The normalized spacial score (nSPS) is 10.5. The van der Waals surface area contributed by atoms with Crippen molar-refractivity contribution in [1.29, 1.82) is 0 Å². The molecule has 0 saturated heterocycles. The van der Waals surface area contributed by atoms with Gasteiger partial charge in [0.1, 0.15) is 18.1 Å². The van der Waals surface area contributed by atoms with E-state index in [9.17, 15) is 9.59 Å². The highest BCUT2D eigenvalue weighted by Crippen LogP contribution is 2.28. The molecule has 172 valence electrons. The molecule has 4 aromatic rings. The molecule has 0 atom stereocenters. The van der Waals surface area contributed by atoms with E-state index in [0.29, 0.717) is 29.2 Å². The van der Waals surface area contributed by atoms with Crippen LogP contribution in [0.3, 0.4) is 0 Å². The van der Waals surface area contributed by atoms with Crippen LogP contribution in [0.1, 0.15) is 33.2 Å². The van der Waals surface area contributed by atoms with Crippen LogP contribution in [0.2, 0.25) is 0 Å². The summed E-state index contributed by atoms with van der Waals surface area (Å²) in [6.07, 6.45) is 0. The summed E-state index contributed by atoms with van der Waals surface area (Å²) in [6, 6.07) is 25.7. The molecule has 0 unspecified atom stereocenters. The summed E-state index contributed by atoms with van der Waals surface area (Å²) >= 11 is 0. The zero-order valence-corrected chi connectivity index (χ0v) is 19.0. The molecule has 4 aromatic carbocycles. The van der Waals surface area contributed by atoms with Crippen molar-refractivity contribution in [2.45, 2.75) is 13.5 Å². The van der Waals surface area contributed by atoms with E-state index in [1.807, 2.05) is 49.4 Å².